The standard InChI is InChI=1S/C20H36N6/c1-5-21-20(23-13-9-15-26-14-7-6-10-17(26)2)24-16-18-11-8-12-22-19(18)25(3)4/h8,11-12,17H,5-7,9-10,13-16H2,1-4H3,(H2,21,23,24). The van der Waals surface area contributed by atoms with Gasteiger partial charge in [-0.15, -0.1) is 0 Å². The molecule has 1 atom stereocenters. The highest BCUT2D eigenvalue weighted by molar-refractivity contribution is 5.79. The van der Waals surface area contributed by atoms with Crippen LogP contribution in [0.4, 0.5) is 5.82 Å². The van der Waals surface area contributed by atoms with E-state index < -0.39 is 0 Å². The summed E-state index contributed by atoms with van der Waals surface area (Å²) in [5, 5.41) is 6.81. The van der Waals surface area contributed by atoms with E-state index in [2.05, 4.69) is 40.4 Å². The molecule has 1 aromatic rings. The van der Waals surface area contributed by atoms with E-state index in [0.717, 1.165) is 42.9 Å². The summed E-state index contributed by atoms with van der Waals surface area (Å²) in [5.41, 5.74) is 1.14. The number of aromatic nitrogens is 1. The van der Waals surface area contributed by atoms with Gasteiger partial charge in [0.2, 0.25) is 0 Å². The minimum Gasteiger partial charge on any atom is -0.362 e. The van der Waals surface area contributed by atoms with Crippen molar-refractivity contribution in [1.82, 2.24) is 20.5 Å². The fraction of sp³-hybridized carbons (Fsp3) is 0.700. The van der Waals surface area contributed by atoms with E-state index in [9.17, 15) is 0 Å². The van der Waals surface area contributed by atoms with Gasteiger partial charge in [-0.05, 0) is 45.7 Å². The molecule has 26 heavy (non-hydrogen) atoms. The Morgan fingerprint density at radius 2 is 2.19 bits per heavy atom. The largest absolute Gasteiger partial charge is 0.362 e. The van der Waals surface area contributed by atoms with Crippen LogP contribution in [0.2, 0.25) is 0 Å². The van der Waals surface area contributed by atoms with E-state index in [0.29, 0.717) is 6.54 Å². The molecule has 0 bridgehead atoms. The van der Waals surface area contributed by atoms with Crippen molar-refractivity contribution in [2.75, 3.05) is 45.2 Å². The molecule has 146 valence electrons. The van der Waals surface area contributed by atoms with Crippen LogP contribution in [-0.4, -0.2) is 62.2 Å². The van der Waals surface area contributed by atoms with E-state index in [1.54, 1.807) is 0 Å². The Balaban J connectivity index is 1.83. The number of rotatable bonds is 8. The van der Waals surface area contributed by atoms with Crippen LogP contribution < -0.4 is 15.5 Å². The van der Waals surface area contributed by atoms with Crippen molar-refractivity contribution in [2.45, 2.75) is 52.1 Å². The van der Waals surface area contributed by atoms with Crippen molar-refractivity contribution in [3.63, 3.8) is 0 Å². The summed E-state index contributed by atoms with van der Waals surface area (Å²) in [6, 6.07) is 4.80. The van der Waals surface area contributed by atoms with E-state index in [-0.39, 0.29) is 0 Å². The zero-order valence-electron chi connectivity index (χ0n) is 17.0. The molecule has 1 fully saturated rings. The number of pyridine rings is 1. The molecular formula is C20H36N6. The van der Waals surface area contributed by atoms with Gasteiger partial charge in [0, 0.05) is 51.5 Å². The van der Waals surface area contributed by atoms with Gasteiger partial charge in [0.05, 0.1) is 6.54 Å². The monoisotopic (exact) mass is 360 g/mol. The zero-order chi connectivity index (χ0) is 18.8. The van der Waals surface area contributed by atoms with Gasteiger partial charge in [-0.3, -0.25) is 0 Å². The second-order valence-electron chi connectivity index (χ2n) is 7.24. The maximum Gasteiger partial charge on any atom is 0.191 e. The molecule has 0 spiro atoms. The molecule has 0 radical (unpaired) electrons. The average molecular weight is 361 g/mol. The summed E-state index contributed by atoms with van der Waals surface area (Å²) < 4.78 is 0. The summed E-state index contributed by atoms with van der Waals surface area (Å²) in [7, 11) is 4.03. The normalized spacial score (nSPS) is 18.6. The lowest BCUT2D eigenvalue weighted by Crippen LogP contribution is -2.41. The van der Waals surface area contributed by atoms with Crippen molar-refractivity contribution >= 4 is 11.8 Å². The number of nitrogens with one attached hydrogen (secondary N) is 2. The lowest BCUT2D eigenvalue weighted by molar-refractivity contribution is 0.159. The fourth-order valence-electron chi connectivity index (χ4n) is 3.44. The van der Waals surface area contributed by atoms with Crippen LogP contribution >= 0.6 is 0 Å². The minimum absolute atomic E-state index is 0.625. The number of piperidine rings is 1. The van der Waals surface area contributed by atoms with Crippen LogP contribution in [0.1, 0.15) is 45.1 Å². The van der Waals surface area contributed by atoms with E-state index in [4.69, 9.17) is 4.99 Å². The van der Waals surface area contributed by atoms with Gasteiger partial charge in [-0.1, -0.05) is 12.5 Å². The smallest absolute Gasteiger partial charge is 0.191 e. The molecule has 1 aliphatic rings. The Kier molecular flexibility index (Phi) is 8.68. The molecule has 0 saturated carbocycles. The summed E-state index contributed by atoms with van der Waals surface area (Å²) in [6.45, 7) is 9.31. The highest BCUT2D eigenvalue weighted by Gasteiger charge is 2.17. The second kappa shape index (κ2) is 11.0. The van der Waals surface area contributed by atoms with Crippen molar-refractivity contribution < 1.29 is 0 Å². The molecule has 1 saturated heterocycles. The summed E-state index contributed by atoms with van der Waals surface area (Å²) in [5.74, 6) is 1.86. The van der Waals surface area contributed by atoms with E-state index >= 15 is 0 Å². The van der Waals surface area contributed by atoms with Crippen LogP contribution in [-0.2, 0) is 6.54 Å². The zero-order valence-corrected chi connectivity index (χ0v) is 17.0. The molecule has 2 rings (SSSR count). The Morgan fingerprint density at radius 1 is 1.35 bits per heavy atom. The Bertz CT molecular complexity index is 557. The maximum atomic E-state index is 4.74. The highest BCUT2D eigenvalue weighted by atomic mass is 15.2. The van der Waals surface area contributed by atoms with Gasteiger partial charge < -0.3 is 20.4 Å². The van der Waals surface area contributed by atoms with E-state index in [1.165, 1.54) is 32.4 Å². The third-order valence-electron chi connectivity index (χ3n) is 4.90. The Morgan fingerprint density at radius 3 is 2.92 bits per heavy atom. The topological polar surface area (TPSA) is 55.8 Å². The molecule has 0 amide bonds. The SMILES string of the molecule is CCNC(=NCc1cccnc1N(C)C)NCCCN1CCCCC1C. The summed E-state index contributed by atoms with van der Waals surface area (Å²) in [6.07, 6.45) is 7.05. The number of hydrogen-bond donors (Lipinski definition) is 2. The first-order valence-electron chi connectivity index (χ1n) is 9.99. The lowest BCUT2D eigenvalue weighted by atomic mass is 10.0. The molecule has 2 heterocycles. The average Bonchev–Trinajstić information content (AvgIpc) is 2.64. The van der Waals surface area contributed by atoms with Crippen molar-refractivity contribution in [3.8, 4) is 0 Å². The van der Waals surface area contributed by atoms with Crippen LogP contribution in [0.15, 0.2) is 23.3 Å². The van der Waals surface area contributed by atoms with Crippen LogP contribution in [0, 0.1) is 0 Å². The molecule has 1 unspecified atom stereocenters. The van der Waals surface area contributed by atoms with Crippen molar-refractivity contribution in [2.24, 2.45) is 4.99 Å². The van der Waals surface area contributed by atoms with Gasteiger partial charge in [-0.2, -0.15) is 0 Å². The Labute approximate surface area is 159 Å². The number of nitrogens with zero attached hydrogens (tertiary/aromatic N) is 4. The number of anilines is 1. The Hall–Kier alpha value is -1.82. The third-order valence-corrected chi connectivity index (χ3v) is 4.90. The quantitative estimate of drug-likeness (QED) is 0.424. The highest BCUT2D eigenvalue weighted by Crippen LogP contribution is 2.16. The predicted molar refractivity (Wildman–Crippen MR) is 111 cm³/mol. The molecule has 2 N–H and O–H groups in total. The number of guanidine groups is 1. The van der Waals surface area contributed by atoms with Crippen LogP contribution in [0.3, 0.4) is 0 Å². The summed E-state index contributed by atoms with van der Waals surface area (Å²) >= 11 is 0. The fourth-order valence-corrected chi connectivity index (χ4v) is 3.44. The van der Waals surface area contributed by atoms with Gasteiger partial charge in [0.25, 0.3) is 0 Å². The first-order chi connectivity index (χ1) is 12.6. The molecule has 1 aromatic heterocycles. The van der Waals surface area contributed by atoms with Gasteiger partial charge in [0.15, 0.2) is 5.96 Å². The number of aliphatic imine (C=N–C) groups is 1. The van der Waals surface area contributed by atoms with Gasteiger partial charge in [-0.25, -0.2) is 9.98 Å². The first kappa shape index (κ1) is 20.5. The number of likely N-dealkylation sites (tertiary alicyclic amines) is 1. The van der Waals surface area contributed by atoms with Crippen molar-refractivity contribution in [3.05, 3.63) is 23.9 Å². The first-order valence-corrected chi connectivity index (χ1v) is 9.99. The molecule has 0 aliphatic carbocycles. The molecule has 0 aromatic carbocycles. The second-order valence-corrected chi connectivity index (χ2v) is 7.24. The molecule has 1 aliphatic heterocycles. The van der Waals surface area contributed by atoms with Gasteiger partial charge >= 0.3 is 0 Å². The van der Waals surface area contributed by atoms with Crippen molar-refractivity contribution in [1.29, 1.82) is 0 Å². The third kappa shape index (κ3) is 6.48. The predicted octanol–water partition coefficient (Wildman–Crippen LogP) is 2.47. The van der Waals surface area contributed by atoms with Crippen LogP contribution in [0.5, 0.6) is 0 Å². The molecule has 6 nitrogen and oxygen atoms in total. The number of hydrogen-bond acceptors (Lipinski definition) is 4. The van der Waals surface area contributed by atoms with Crippen LogP contribution in [0.25, 0.3) is 0 Å². The van der Waals surface area contributed by atoms with Gasteiger partial charge in [0.1, 0.15) is 5.82 Å². The minimum atomic E-state index is 0.625. The van der Waals surface area contributed by atoms with E-state index in [1.807, 2.05) is 31.3 Å². The maximum absolute atomic E-state index is 4.74. The molecule has 6 heteroatoms. The summed E-state index contributed by atoms with van der Waals surface area (Å²) in [4.78, 5) is 13.8. The lowest BCUT2D eigenvalue weighted by Gasteiger charge is -2.33. The molecular weight excluding hydrogens is 324 g/mol.